The number of sulfonamides is 1. The van der Waals surface area contributed by atoms with E-state index in [2.05, 4.69) is 0 Å². The highest BCUT2D eigenvalue weighted by Gasteiger charge is 2.44. The van der Waals surface area contributed by atoms with E-state index in [-0.39, 0.29) is 22.8 Å². The number of piperidine rings is 1. The van der Waals surface area contributed by atoms with Crippen LogP contribution in [0.4, 0.5) is 0 Å². The predicted octanol–water partition coefficient (Wildman–Crippen LogP) is 3.19. The number of aryl methyl sites for hydroxylation is 1. The molecular formula is C27H30N2O7S. The van der Waals surface area contributed by atoms with Gasteiger partial charge >= 0.3 is 5.63 Å². The highest BCUT2D eigenvalue weighted by atomic mass is 32.2. The molecule has 0 saturated carbocycles. The number of methoxy groups -OCH3 is 1. The number of carbonyl (C=O) groups is 1. The van der Waals surface area contributed by atoms with Gasteiger partial charge in [0.05, 0.1) is 12.0 Å². The Morgan fingerprint density at radius 3 is 2.54 bits per heavy atom. The normalized spacial score (nSPS) is 17.8. The largest absolute Gasteiger partial charge is 0.497 e. The Morgan fingerprint density at radius 2 is 1.78 bits per heavy atom. The van der Waals surface area contributed by atoms with Crippen LogP contribution in [0.25, 0.3) is 11.0 Å². The maximum atomic E-state index is 13.1. The lowest BCUT2D eigenvalue weighted by Crippen LogP contribution is -2.45. The molecule has 196 valence electrons. The monoisotopic (exact) mass is 526 g/mol. The zero-order valence-electron chi connectivity index (χ0n) is 20.9. The van der Waals surface area contributed by atoms with Crippen molar-refractivity contribution in [3.63, 3.8) is 0 Å². The summed E-state index contributed by atoms with van der Waals surface area (Å²) in [6.07, 6.45) is 2.24. The molecule has 10 heteroatoms. The molecule has 3 aromatic rings. The minimum absolute atomic E-state index is 0.0834. The van der Waals surface area contributed by atoms with Crippen LogP contribution in [-0.4, -0.2) is 63.4 Å². The Bertz CT molecular complexity index is 1490. The van der Waals surface area contributed by atoms with Crippen LogP contribution in [0.15, 0.2) is 62.6 Å². The van der Waals surface area contributed by atoms with Crippen molar-refractivity contribution in [3.8, 4) is 11.5 Å². The first-order valence-corrected chi connectivity index (χ1v) is 13.7. The van der Waals surface area contributed by atoms with Gasteiger partial charge in [0.25, 0.3) is 5.91 Å². The fraction of sp³-hybridized carbons (Fsp3) is 0.407. The summed E-state index contributed by atoms with van der Waals surface area (Å²) in [4.78, 5) is 26.6. The smallest absolute Gasteiger partial charge is 0.336 e. The summed E-state index contributed by atoms with van der Waals surface area (Å²) in [5.74, 6) is 0.846. The number of hydrogen-bond donors (Lipinski definition) is 0. The number of rotatable bonds is 6. The van der Waals surface area contributed by atoms with Gasteiger partial charge in [-0.2, -0.15) is 4.31 Å². The van der Waals surface area contributed by atoms with Gasteiger partial charge in [-0.25, -0.2) is 13.2 Å². The topological polar surface area (TPSA) is 106 Å². The number of amides is 1. The maximum absolute atomic E-state index is 13.1. The van der Waals surface area contributed by atoms with Crippen molar-refractivity contribution in [2.45, 2.75) is 31.1 Å². The summed E-state index contributed by atoms with van der Waals surface area (Å²) < 4.78 is 44.0. The fourth-order valence-corrected chi connectivity index (χ4v) is 6.78. The van der Waals surface area contributed by atoms with Gasteiger partial charge in [0, 0.05) is 49.8 Å². The van der Waals surface area contributed by atoms with Gasteiger partial charge in [-0.1, -0.05) is 6.07 Å². The molecular weight excluding hydrogens is 496 g/mol. The van der Waals surface area contributed by atoms with Crippen LogP contribution in [0.5, 0.6) is 11.5 Å². The first kappa shape index (κ1) is 25.3. The van der Waals surface area contributed by atoms with E-state index in [1.807, 2.05) is 13.0 Å². The molecule has 2 aliphatic heterocycles. The third-order valence-corrected chi connectivity index (χ3v) is 9.43. The third-order valence-electron chi connectivity index (χ3n) is 7.54. The van der Waals surface area contributed by atoms with Gasteiger partial charge < -0.3 is 18.8 Å². The van der Waals surface area contributed by atoms with Crippen LogP contribution in [0.3, 0.4) is 0 Å². The van der Waals surface area contributed by atoms with Gasteiger partial charge in [-0.15, -0.1) is 0 Å². The van der Waals surface area contributed by atoms with Gasteiger partial charge in [0.2, 0.25) is 10.0 Å². The summed E-state index contributed by atoms with van der Waals surface area (Å²) in [6, 6.07) is 13.2. The van der Waals surface area contributed by atoms with Crippen molar-refractivity contribution in [2.24, 2.45) is 5.41 Å². The molecule has 1 spiro atoms. The molecule has 1 amide bonds. The van der Waals surface area contributed by atoms with Crippen molar-refractivity contribution in [1.82, 2.24) is 9.21 Å². The van der Waals surface area contributed by atoms with Crippen LogP contribution < -0.4 is 15.1 Å². The van der Waals surface area contributed by atoms with E-state index >= 15 is 0 Å². The molecule has 0 atom stereocenters. The van der Waals surface area contributed by atoms with Gasteiger partial charge in [-0.3, -0.25) is 4.79 Å². The minimum Gasteiger partial charge on any atom is -0.497 e. The number of likely N-dealkylation sites (tertiary alicyclic amines) is 1. The Labute approximate surface area is 215 Å². The quantitative estimate of drug-likeness (QED) is 0.454. The molecule has 0 bridgehead atoms. The Hall–Kier alpha value is -3.37. The van der Waals surface area contributed by atoms with Gasteiger partial charge in [0.1, 0.15) is 17.1 Å². The third kappa shape index (κ3) is 5.08. The lowest BCUT2D eigenvalue weighted by molar-refractivity contribution is -0.132. The standard InChI is InChI=1S/C27H30N2O7S/c1-19-14-26(31)36-24-16-21(6-7-23(19)24)35-17-25(30)28-11-8-27(18-28)9-12-29(13-10-27)37(32,33)22-5-3-4-20(15-22)34-2/h3-7,14-16H,8-13,17-18H2,1-2H3. The van der Waals surface area contributed by atoms with E-state index in [4.69, 9.17) is 13.9 Å². The van der Waals surface area contributed by atoms with Crippen molar-refractivity contribution < 1.29 is 27.1 Å². The summed E-state index contributed by atoms with van der Waals surface area (Å²) in [6.45, 7) is 3.77. The van der Waals surface area contributed by atoms with Crippen LogP contribution in [0.2, 0.25) is 0 Å². The summed E-state index contributed by atoms with van der Waals surface area (Å²) in [5.41, 5.74) is 0.729. The molecule has 9 nitrogen and oxygen atoms in total. The van der Waals surface area contributed by atoms with Crippen molar-refractivity contribution in [1.29, 1.82) is 0 Å². The first-order valence-electron chi connectivity index (χ1n) is 12.3. The molecule has 37 heavy (non-hydrogen) atoms. The lowest BCUT2D eigenvalue weighted by Gasteiger charge is -2.38. The van der Waals surface area contributed by atoms with E-state index < -0.39 is 15.6 Å². The molecule has 5 rings (SSSR count). The van der Waals surface area contributed by atoms with Gasteiger partial charge in [0.15, 0.2) is 6.61 Å². The van der Waals surface area contributed by atoms with Crippen LogP contribution in [-0.2, 0) is 14.8 Å². The van der Waals surface area contributed by atoms with Crippen molar-refractivity contribution in [2.75, 3.05) is 39.9 Å². The Morgan fingerprint density at radius 1 is 1.03 bits per heavy atom. The molecule has 0 radical (unpaired) electrons. The summed E-state index contributed by atoms with van der Waals surface area (Å²) >= 11 is 0. The zero-order chi connectivity index (χ0) is 26.2. The lowest BCUT2D eigenvalue weighted by atomic mass is 9.78. The Kier molecular flexibility index (Phi) is 6.72. The second kappa shape index (κ2) is 9.83. The predicted molar refractivity (Wildman–Crippen MR) is 137 cm³/mol. The van der Waals surface area contributed by atoms with Crippen LogP contribution >= 0.6 is 0 Å². The van der Waals surface area contributed by atoms with E-state index in [0.29, 0.717) is 56.1 Å². The second-order valence-corrected chi connectivity index (χ2v) is 11.8. The molecule has 3 heterocycles. The zero-order valence-corrected chi connectivity index (χ0v) is 21.8. The molecule has 0 N–H and O–H groups in total. The molecule has 0 aliphatic carbocycles. The van der Waals surface area contributed by atoms with E-state index in [1.165, 1.54) is 17.5 Å². The van der Waals surface area contributed by atoms with Crippen molar-refractivity contribution in [3.05, 3.63) is 64.5 Å². The molecule has 2 fully saturated rings. The van der Waals surface area contributed by atoms with Crippen LogP contribution in [0.1, 0.15) is 24.8 Å². The molecule has 2 aliphatic rings. The first-order chi connectivity index (χ1) is 17.7. The molecule has 2 aromatic carbocycles. The Balaban J connectivity index is 1.17. The highest BCUT2D eigenvalue weighted by Crippen LogP contribution is 2.41. The summed E-state index contributed by atoms with van der Waals surface area (Å²) in [7, 11) is -2.10. The van der Waals surface area contributed by atoms with E-state index in [1.54, 1.807) is 41.3 Å². The maximum Gasteiger partial charge on any atom is 0.336 e. The van der Waals surface area contributed by atoms with E-state index in [9.17, 15) is 18.0 Å². The average molecular weight is 527 g/mol. The number of ether oxygens (including phenoxy) is 2. The number of carbonyl (C=O) groups excluding carboxylic acids is 1. The SMILES string of the molecule is COc1cccc(S(=O)(=O)N2CCC3(CCN(C(=O)COc4ccc5c(C)cc(=O)oc5c4)C3)CC2)c1. The molecule has 2 saturated heterocycles. The van der Waals surface area contributed by atoms with Gasteiger partial charge in [-0.05, 0) is 61.4 Å². The average Bonchev–Trinajstić information content (AvgIpc) is 3.30. The molecule has 0 unspecified atom stereocenters. The highest BCUT2D eigenvalue weighted by molar-refractivity contribution is 7.89. The van der Waals surface area contributed by atoms with Crippen molar-refractivity contribution >= 4 is 26.9 Å². The second-order valence-electron chi connectivity index (χ2n) is 9.84. The number of hydrogen-bond acceptors (Lipinski definition) is 7. The molecule has 1 aromatic heterocycles. The summed E-state index contributed by atoms with van der Waals surface area (Å²) in [5, 5.41) is 0.819. The number of fused-ring (bicyclic) bond motifs is 1. The van der Waals surface area contributed by atoms with Crippen LogP contribution in [0, 0.1) is 12.3 Å². The fourth-order valence-electron chi connectivity index (χ4n) is 5.30. The number of benzene rings is 2. The minimum atomic E-state index is -3.61. The van der Waals surface area contributed by atoms with E-state index in [0.717, 1.165) is 17.4 Å². The number of nitrogens with zero attached hydrogens (tertiary/aromatic N) is 2.